The van der Waals surface area contributed by atoms with Crippen LogP contribution in [0.3, 0.4) is 0 Å². The summed E-state index contributed by atoms with van der Waals surface area (Å²) in [4.78, 5) is 26.2. The zero-order valence-corrected chi connectivity index (χ0v) is 29.2. The molecule has 4 rings (SSSR count). The van der Waals surface area contributed by atoms with Crippen LogP contribution in [0.25, 0.3) is 0 Å². The molecule has 2 heterocycles. The molecule has 1 aromatic carbocycles. The quantitative estimate of drug-likeness (QED) is 0.0377. The lowest BCUT2D eigenvalue weighted by atomic mass is 9.69. The lowest BCUT2D eigenvalue weighted by Crippen LogP contribution is -2.34. The number of thiazole rings is 1. The summed E-state index contributed by atoms with van der Waals surface area (Å²) in [6, 6.07) is 15.2. The third-order valence-corrected chi connectivity index (χ3v) is 10.6. The monoisotopic (exact) mass is 679 g/mol. The Morgan fingerprint density at radius 2 is 1.83 bits per heavy atom. The average molecular weight is 680 g/mol. The molecule has 0 radical (unpaired) electrons. The molecule has 11 nitrogen and oxygen atoms in total. The molecule has 3 aromatic rings. The van der Waals surface area contributed by atoms with Gasteiger partial charge in [-0.1, -0.05) is 50.1 Å². The van der Waals surface area contributed by atoms with Crippen LogP contribution in [-0.4, -0.2) is 64.7 Å². The maximum absolute atomic E-state index is 11.1. The lowest BCUT2D eigenvalue weighted by Gasteiger charge is -2.37. The zero-order valence-electron chi connectivity index (χ0n) is 27.6. The minimum atomic E-state index is -0.426. The Labute approximate surface area is 286 Å². The van der Waals surface area contributed by atoms with Crippen LogP contribution < -0.4 is 22.1 Å². The molecular weight excluding hydrogens is 631 g/mol. The molecule has 0 saturated heterocycles. The number of nitrogens with one attached hydrogen (secondary N) is 2. The van der Waals surface area contributed by atoms with Gasteiger partial charge < -0.3 is 27.0 Å². The van der Waals surface area contributed by atoms with Crippen molar-refractivity contribution in [2.24, 2.45) is 21.9 Å². The van der Waals surface area contributed by atoms with Crippen molar-refractivity contribution in [3.63, 3.8) is 0 Å². The number of unbranched alkanes of at least 4 members (excludes halogenated alkanes) is 3. The van der Waals surface area contributed by atoms with Crippen molar-refractivity contribution in [2.45, 2.75) is 63.5 Å². The van der Waals surface area contributed by atoms with Gasteiger partial charge in [-0.2, -0.15) is 16.8 Å². The number of fused-ring (bicyclic) bond motifs is 1. The van der Waals surface area contributed by atoms with Gasteiger partial charge in [0.05, 0.1) is 10.6 Å². The molecule has 1 unspecified atom stereocenters. The Balaban J connectivity index is 1.11. The number of benzene rings is 1. The van der Waals surface area contributed by atoms with Crippen molar-refractivity contribution in [1.82, 2.24) is 25.5 Å². The van der Waals surface area contributed by atoms with Crippen LogP contribution in [0.5, 0.6) is 0 Å². The average Bonchev–Trinajstić information content (AvgIpc) is 3.67. The predicted octanol–water partition coefficient (Wildman–Crippen LogP) is 5.40. The topological polar surface area (TPSA) is 161 Å². The number of guanidine groups is 1. The number of nitro groups is 1. The van der Waals surface area contributed by atoms with E-state index in [0.717, 1.165) is 75.7 Å². The molecule has 0 aliphatic heterocycles. The van der Waals surface area contributed by atoms with E-state index in [4.69, 9.17) is 16.5 Å². The minimum absolute atomic E-state index is 0.00862. The van der Waals surface area contributed by atoms with Gasteiger partial charge in [0.2, 0.25) is 5.13 Å². The summed E-state index contributed by atoms with van der Waals surface area (Å²) in [6.45, 7) is 5.78. The van der Waals surface area contributed by atoms with Gasteiger partial charge in [0.1, 0.15) is 0 Å². The standard InChI is InChI=1S/C34H49N9O2S2/c1-26(30-13-7-9-15-37-30)34(21-27-11-5-6-12-28(27)22-34)14-19-42(2)18-10-4-3-8-16-38-31(23-43(44)45)39-17-20-46-24-29-25-47-33(40-29)41-32(35)36/h5-7,9,11-13,15,23,25-26,38-39H,3-4,8,10,14,16-22,24H2,1-2H3,(H4,35,36,40,41). The molecule has 1 atom stereocenters. The van der Waals surface area contributed by atoms with E-state index in [1.807, 2.05) is 17.6 Å². The van der Waals surface area contributed by atoms with Crippen LogP contribution in [0, 0.1) is 15.5 Å². The number of aromatic nitrogens is 2. The molecule has 0 fully saturated rings. The molecule has 0 bridgehead atoms. The van der Waals surface area contributed by atoms with Crippen LogP contribution in [0.2, 0.25) is 0 Å². The molecule has 1 aliphatic rings. The lowest BCUT2D eigenvalue weighted by molar-refractivity contribution is -0.404. The predicted molar refractivity (Wildman–Crippen MR) is 194 cm³/mol. The minimum Gasteiger partial charge on any atom is -0.370 e. The molecule has 1 aliphatic carbocycles. The summed E-state index contributed by atoms with van der Waals surface area (Å²) in [5, 5.41) is 19.9. The summed E-state index contributed by atoms with van der Waals surface area (Å²) in [5.41, 5.74) is 16.0. The fourth-order valence-corrected chi connectivity index (χ4v) is 7.75. The van der Waals surface area contributed by atoms with Crippen molar-refractivity contribution < 1.29 is 4.92 Å². The number of hydrogen-bond acceptors (Lipinski definition) is 10. The largest absolute Gasteiger partial charge is 0.370 e. The van der Waals surface area contributed by atoms with E-state index in [1.165, 1.54) is 28.2 Å². The molecule has 47 heavy (non-hydrogen) atoms. The first kappa shape index (κ1) is 36.2. The van der Waals surface area contributed by atoms with E-state index in [2.05, 4.69) is 75.9 Å². The zero-order chi connectivity index (χ0) is 33.5. The second-order valence-electron chi connectivity index (χ2n) is 12.3. The molecule has 2 aromatic heterocycles. The highest BCUT2D eigenvalue weighted by molar-refractivity contribution is 7.98. The van der Waals surface area contributed by atoms with E-state index in [0.29, 0.717) is 35.7 Å². The summed E-state index contributed by atoms with van der Waals surface area (Å²) >= 11 is 3.08. The van der Waals surface area contributed by atoms with Crippen LogP contribution in [-0.2, 0) is 18.6 Å². The second kappa shape index (κ2) is 18.6. The van der Waals surface area contributed by atoms with E-state index >= 15 is 0 Å². The van der Waals surface area contributed by atoms with Gasteiger partial charge in [0.25, 0.3) is 6.20 Å². The Kier molecular flexibility index (Phi) is 14.3. The molecule has 0 saturated carbocycles. The van der Waals surface area contributed by atoms with Crippen molar-refractivity contribution >= 4 is 34.2 Å². The number of hydrogen-bond donors (Lipinski definition) is 4. The first-order chi connectivity index (χ1) is 22.7. The van der Waals surface area contributed by atoms with Gasteiger partial charge in [-0.25, -0.2) is 4.98 Å². The summed E-state index contributed by atoms with van der Waals surface area (Å²) in [5.74, 6) is 2.31. The molecular formula is C34H49N9O2S2. The maximum atomic E-state index is 11.1. The van der Waals surface area contributed by atoms with Gasteiger partial charge in [-0.3, -0.25) is 15.1 Å². The summed E-state index contributed by atoms with van der Waals surface area (Å²) in [6.07, 6.45) is 10.6. The maximum Gasteiger partial charge on any atom is 0.274 e. The molecule has 6 N–H and O–H groups in total. The molecule has 0 amide bonds. The van der Waals surface area contributed by atoms with Crippen molar-refractivity contribution in [2.75, 3.05) is 39.0 Å². The Morgan fingerprint density at radius 3 is 2.53 bits per heavy atom. The van der Waals surface area contributed by atoms with E-state index in [9.17, 15) is 10.1 Å². The van der Waals surface area contributed by atoms with Crippen LogP contribution in [0.4, 0.5) is 5.13 Å². The highest BCUT2D eigenvalue weighted by atomic mass is 32.2. The van der Waals surface area contributed by atoms with Crippen LogP contribution >= 0.6 is 23.1 Å². The summed E-state index contributed by atoms with van der Waals surface area (Å²) in [7, 11) is 2.24. The van der Waals surface area contributed by atoms with Gasteiger partial charge in [0, 0.05) is 47.8 Å². The van der Waals surface area contributed by atoms with E-state index in [-0.39, 0.29) is 11.4 Å². The van der Waals surface area contributed by atoms with E-state index in [1.54, 1.807) is 11.8 Å². The Hall–Kier alpha value is -3.68. The van der Waals surface area contributed by atoms with Crippen LogP contribution in [0.15, 0.2) is 71.1 Å². The number of pyridine rings is 1. The van der Waals surface area contributed by atoms with Gasteiger partial charge in [-0.05, 0) is 80.9 Å². The second-order valence-corrected chi connectivity index (χ2v) is 14.3. The number of nitrogens with zero attached hydrogens (tertiary/aromatic N) is 5. The van der Waals surface area contributed by atoms with Crippen molar-refractivity contribution in [1.29, 1.82) is 0 Å². The van der Waals surface area contributed by atoms with Crippen LogP contribution in [0.1, 0.15) is 67.5 Å². The highest BCUT2D eigenvalue weighted by Gasteiger charge is 2.42. The smallest absolute Gasteiger partial charge is 0.274 e. The number of thioether (sulfide) groups is 1. The van der Waals surface area contributed by atoms with Gasteiger partial charge >= 0.3 is 0 Å². The number of rotatable bonds is 21. The number of nitrogens with two attached hydrogens (primary N) is 2. The fraction of sp³-hybridized carbons (Fsp3) is 0.500. The SMILES string of the molecule is CC(c1ccccn1)C1(CCN(C)CCCCCCNC(=C[N+](=O)[O-])NCCSCc2csc(N=C(N)N)n2)Cc2ccccc2C1. The normalized spacial score (nSPS) is 14.5. The van der Waals surface area contributed by atoms with E-state index < -0.39 is 4.92 Å². The highest BCUT2D eigenvalue weighted by Crippen LogP contribution is 2.49. The molecule has 0 spiro atoms. The Bertz CT molecular complexity index is 1440. The summed E-state index contributed by atoms with van der Waals surface area (Å²) < 4.78 is 0. The van der Waals surface area contributed by atoms with Crippen molar-refractivity contribution in [3.05, 3.63) is 98.7 Å². The molecule has 13 heteroatoms. The van der Waals surface area contributed by atoms with Gasteiger partial charge in [0.15, 0.2) is 11.8 Å². The number of aliphatic imine (C=N–C) groups is 1. The first-order valence-corrected chi connectivity index (χ1v) is 18.4. The Morgan fingerprint density at radius 1 is 1.11 bits per heavy atom. The fourth-order valence-electron chi connectivity index (χ4n) is 6.20. The van der Waals surface area contributed by atoms with Crippen molar-refractivity contribution in [3.8, 4) is 0 Å². The first-order valence-electron chi connectivity index (χ1n) is 16.4. The third-order valence-electron chi connectivity index (χ3n) is 8.84. The molecule has 254 valence electrons. The van der Waals surface area contributed by atoms with Gasteiger partial charge in [-0.15, -0.1) is 11.3 Å². The third kappa shape index (κ3) is 11.8.